The molecule has 4 heteroatoms. The number of fused-ring (bicyclic) bond motifs is 1. The minimum absolute atomic E-state index is 0.0260. The molecule has 0 saturated carbocycles. The average Bonchev–Trinajstić information content (AvgIpc) is 2.19. The third kappa shape index (κ3) is 1.40. The van der Waals surface area contributed by atoms with E-state index in [4.69, 9.17) is 5.73 Å². The number of anilines is 1. The number of benzene rings is 1. The Bertz CT molecular complexity index is 550. The Labute approximate surface area is 86.4 Å². The molecule has 2 aromatic rings. The molecule has 0 saturated heterocycles. The number of hydrogen-bond donors (Lipinski definition) is 1. The lowest BCUT2D eigenvalue weighted by atomic mass is 10.1. The molecule has 4 nitrogen and oxygen atoms in total. The quantitative estimate of drug-likeness (QED) is 0.728. The molecule has 0 bridgehead atoms. The molecule has 2 N–H and O–H groups in total. The van der Waals surface area contributed by atoms with E-state index in [0.717, 1.165) is 0 Å². The number of para-hydroxylation sites is 1. The maximum atomic E-state index is 11.0. The Balaban J connectivity index is 2.95. The number of carbonyl (C=O) groups is 1. The highest BCUT2D eigenvalue weighted by Gasteiger charge is 2.09. The largest absolute Gasteiger partial charge is 0.545 e. The molecule has 1 aromatic heterocycles. The van der Waals surface area contributed by atoms with Crippen molar-refractivity contribution in [2.45, 2.75) is 6.92 Å². The number of carbonyl (C=O) groups excluding carboxylic acids is 1. The van der Waals surface area contributed by atoms with Gasteiger partial charge in [-0.05, 0) is 13.0 Å². The van der Waals surface area contributed by atoms with Crippen LogP contribution in [0.25, 0.3) is 10.9 Å². The molecule has 0 amide bonds. The Morgan fingerprint density at radius 3 is 2.73 bits per heavy atom. The monoisotopic (exact) mass is 201 g/mol. The van der Waals surface area contributed by atoms with E-state index < -0.39 is 5.97 Å². The number of rotatable bonds is 1. The van der Waals surface area contributed by atoms with Crippen LogP contribution in [0.4, 0.5) is 5.69 Å². The first-order valence-corrected chi connectivity index (χ1v) is 4.47. The van der Waals surface area contributed by atoms with Crippen molar-refractivity contribution in [3.8, 4) is 0 Å². The van der Waals surface area contributed by atoms with Crippen LogP contribution in [-0.2, 0) is 0 Å². The Kier molecular flexibility index (Phi) is 2.04. The summed E-state index contributed by atoms with van der Waals surface area (Å²) in [7, 11) is 0. The number of carboxylic acids is 1. The fraction of sp³-hybridized carbons (Fsp3) is 0.0909. The van der Waals surface area contributed by atoms with Crippen LogP contribution in [0.5, 0.6) is 0 Å². The maximum Gasteiger partial charge on any atom is 0.0743 e. The topological polar surface area (TPSA) is 79.0 Å². The zero-order chi connectivity index (χ0) is 11.0. The lowest BCUT2D eigenvalue weighted by Crippen LogP contribution is -2.24. The number of pyridine rings is 1. The zero-order valence-corrected chi connectivity index (χ0v) is 8.15. The lowest BCUT2D eigenvalue weighted by Gasteiger charge is -2.12. The standard InChI is InChI=1S/C11H10N2O2/c1-6-10(12)9(11(14)15)7-4-2-3-5-8(7)13-6/h2-5H,12H2,1H3,(H,14,15)/p-1. The van der Waals surface area contributed by atoms with Gasteiger partial charge in [-0.1, -0.05) is 18.2 Å². The summed E-state index contributed by atoms with van der Waals surface area (Å²) >= 11 is 0. The van der Waals surface area contributed by atoms with E-state index in [9.17, 15) is 9.90 Å². The number of carboxylic acid groups (broad SMARTS) is 1. The normalized spacial score (nSPS) is 10.5. The molecule has 0 aliphatic carbocycles. The van der Waals surface area contributed by atoms with Gasteiger partial charge in [0.2, 0.25) is 0 Å². The summed E-state index contributed by atoms with van der Waals surface area (Å²) in [6.45, 7) is 1.67. The third-order valence-electron chi connectivity index (χ3n) is 2.32. The summed E-state index contributed by atoms with van der Waals surface area (Å²) in [5.74, 6) is -1.27. The number of nitrogen functional groups attached to an aromatic ring is 1. The highest BCUT2D eigenvalue weighted by atomic mass is 16.4. The molecule has 0 spiro atoms. The zero-order valence-electron chi connectivity index (χ0n) is 8.15. The highest BCUT2D eigenvalue weighted by molar-refractivity contribution is 6.06. The second-order valence-electron chi connectivity index (χ2n) is 3.29. The first-order chi connectivity index (χ1) is 7.11. The third-order valence-corrected chi connectivity index (χ3v) is 2.32. The van der Waals surface area contributed by atoms with E-state index >= 15 is 0 Å². The lowest BCUT2D eigenvalue weighted by molar-refractivity contribution is -0.254. The first kappa shape index (κ1) is 9.45. The SMILES string of the molecule is Cc1nc2ccccc2c(C(=O)[O-])c1N. The van der Waals surface area contributed by atoms with Crippen molar-refractivity contribution in [2.24, 2.45) is 0 Å². The maximum absolute atomic E-state index is 11.0. The van der Waals surface area contributed by atoms with Gasteiger partial charge in [-0.2, -0.15) is 0 Å². The van der Waals surface area contributed by atoms with Gasteiger partial charge >= 0.3 is 0 Å². The molecular weight excluding hydrogens is 192 g/mol. The molecule has 0 radical (unpaired) electrons. The molecule has 15 heavy (non-hydrogen) atoms. The summed E-state index contributed by atoms with van der Waals surface area (Å²) < 4.78 is 0. The fourth-order valence-electron chi connectivity index (χ4n) is 1.57. The van der Waals surface area contributed by atoms with Gasteiger partial charge in [-0.25, -0.2) is 0 Å². The van der Waals surface area contributed by atoms with Gasteiger partial charge in [-0.15, -0.1) is 0 Å². The molecule has 0 fully saturated rings. The molecule has 0 atom stereocenters. The Morgan fingerprint density at radius 1 is 1.40 bits per heavy atom. The summed E-state index contributed by atoms with van der Waals surface area (Å²) in [5, 5.41) is 11.5. The van der Waals surface area contributed by atoms with Gasteiger partial charge in [0.05, 0.1) is 22.9 Å². The van der Waals surface area contributed by atoms with Crippen molar-refractivity contribution in [1.29, 1.82) is 0 Å². The molecule has 0 aliphatic heterocycles. The summed E-state index contributed by atoms with van der Waals surface area (Å²) in [6, 6.07) is 6.95. The number of nitrogens with two attached hydrogens (primary N) is 1. The van der Waals surface area contributed by atoms with Crippen molar-refractivity contribution in [2.75, 3.05) is 5.73 Å². The van der Waals surface area contributed by atoms with Gasteiger partial charge in [-0.3, -0.25) is 4.98 Å². The number of aromatic nitrogens is 1. The van der Waals surface area contributed by atoms with E-state index in [1.54, 1.807) is 31.2 Å². The highest BCUT2D eigenvalue weighted by Crippen LogP contribution is 2.24. The van der Waals surface area contributed by atoms with Gasteiger partial charge in [0.15, 0.2) is 0 Å². The van der Waals surface area contributed by atoms with Gasteiger partial charge < -0.3 is 15.6 Å². The Morgan fingerprint density at radius 2 is 2.07 bits per heavy atom. The van der Waals surface area contributed by atoms with Crippen molar-refractivity contribution in [3.05, 3.63) is 35.5 Å². The fourth-order valence-corrected chi connectivity index (χ4v) is 1.57. The summed E-state index contributed by atoms with van der Waals surface area (Å²) in [5.41, 5.74) is 6.99. The predicted molar refractivity (Wildman–Crippen MR) is 55.2 cm³/mol. The second kappa shape index (κ2) is 3.24. The number of nitrogens with zero attached hydrogens (tertiary/aromatic N) is 1. The molecule has 2 rings (SSSR count). The first-order valence-electron chi connectivity index (χ1n) is 4.47. The van der Waals surface area contributed by atoms with Gasteiger partial charge in [0.25, 0.3) is 0 Å². The van der Waals surface area contributed by atoms with Crippen LogP contribution < -0.4 is 10.8 Å². The molecule has 0 aliphatic rings. The Hall–Kier alpha value is -2.10. The van der Waals surface area contributed by atoms with Crippen LogP contribution in [0.2, 0.25) is 0 Å². The molecule has 1 aromatic carbocycles. The van der Waals surface area contributed by atoms with Crippen LogP contribution in [0.1, 0.15) is 16.1 Å². The van der Waals surface area contributed by atoms with Gasteiger partial charge in [0, 0.05) is 10.9 Å². The van der Waals surface area contributed by atoms with E-state index in [1.807, 2.05) is 0 Å². The molecular formula is C11H9N2O2-. The smallest absolute Gasteiger partial charge is 0.0743 e. The summed E-state index contributed by atoms with van der Waals surface area (Å²) in [4.78, 5) is 15.2. The van der Waals surface area contributed by atoms with E-state index in [2.05, 4.69) is 4.98 Å². The molecule has 0 unspecified atom stereocenters. The van der Waals surface area contributed by atoms with Crippen LogP contribution >= 0.6 is 0 Å². The van der Waals surface area contributed by atoms with E-state index in [1.165, 1.54) is 0 Å². The average molecular weight is 201 g/mol. The minimum atomic E-state index is -1.27. The van der Waals surface area contributed by atoms with Crippen molar-refractivity contribution >= 4 is 22.6 Å². The van der Waals surface area contributed by atoms with E-state index in [-0.39, 0.29) is 11.3 Å². The van der Waals surface area contributed by atoms with Crippen LogP contribution in [0, 0.1) is 6.92 Å². The van der Waals surface area contributed by atoms with Crippen molar-refractivity contribution in [3.63, 3.8) is 0 Å². The van der Waals surface area contributed by atoms with Gasteiger partial charge in [0.1, 0.15) is 0 Å². The number of hydrogen-bond acceptors (Lipinski definition) is 4. The second-order valence-corrected chi connectivity index (χ2v) is 3.29. The minimum Gasteiger partial charge on any atom is -0.545 e. The van der Waals surface area contributed by atoms with E-state index in [0.29, 0.717) is 16.6 Å². The van der Waals surface area contributed by atoms with Crippen LogP contribution in [0.15, 0.2) is 24.3 Å². The predicted octanol–water partition coefficient (Wildman–Crippen LogP) is 0.489. The molecule has 76 valence electrons. The van der Waals surface area contributed by atoms with Crippen LogP contribution in [-0.4, -0.2) is 11.0 Å². The number of aryl methyl sites for hydroxylation is 1. The molecule has 1 heterocycles. The number of aromatic carboxylic acids is 1. The van der Waals surface area contributed by atoms with Crippen LogP contribution in [0.3, 0.4) is 0 Å². The summed E-state index contributed by atoms with van der Waals surface area (Å²) in [6.07, 6.45) is 0. The van der Waals surface area contributed by atoms with Crippen molar-refractivity contribution < 1.29 is 9.90 Å². The van der Waals surface area contributed by atoms with Crippen molar-refractivity contribution in [1.82, 2.24) is 4.98 Å².